The van der Waals surface area contributed by atoms with Crippen molar-refractivity contribution in [2.75, 3.05) is 20.8 Å². The number of aliphatic hydroxyl groups excluding tert-OH is 4. The minimum absolute atomic E-state index is 0.00690. The Kier molecular flexibility index (Phi) is 5.07. The maximum Gasteiger partial charge on any atom is 0.226 e. The summed E-state index contributed by atoms with van der Waals surface area (Å²) < 4.78 is 16.2. The van der Waals surface area contributed by atoms with Crippen molar-refractivity contribution in [1.29, 1.82) is 0 Å². The minimum Gasteiger partial charge on any atom is -0.496 e. The van der Waals surface area contributed by atoms with E-state index in [0.29, 0.717) is 16.5 Å². The lowest BCUT2D eigenvalue weighted by atomic mass is 9.86. The fraction of sp³-hybridized carbons (Fsp3) is 0.444. The summed E-state index contributed by atoms with van der Waals surface area (Å²) in [5, 5.41) is 52.3. The van der Waals surface area contributed by atoms with Gasteiger partial charge in [0.15, 0.2) is 0 Å². The summed E-state index contributed by atoms with van der Waals surface area (Å²) in [7, 11) is 2.85. The van der Waals surface area contributed by atoms with E-state index in [2.05, 4.69) is 0 Å². The average Bonchev–Trinajstić information content (AvgIpc) is 2.67. The largest absolute Gasteiger partial charge is 0.496 e. The summed E-state index contributed by atoms with van der Waals surface area (Å²) in [5.74, 6) is -1.83. The highest BCUT2D eigenvalue weighted by Crippen LogP contribution is 2.46. The van der Waals surface area contributed by atoms with Gasteiger partial charge in [-0.1, -0.05) is 24.3 Å². The number of hydrogen-bond acceptors (Lipinski definition) is 8. The molecule has 3 rings (SSSR count). The lowest BCUT2D eigenvalue weighted by molar-refractivity contribution is -0.358. The molecule has 1 aliphatic heterocycles. The molecule has 142 valence electrons. The fourth-order valence-electron chi connectivity index (χ4n) is 3.35. The molecule has 8 nitrogen and oxygen atoms in total. The van der Waals surface area contributed by atoms with Crippen molar-refractivity contribution in [1.82, 2.24) is 0 Å². The molecule has 0 bridgehead atoms. The van der Waals surface area contributed by atoms with Gasteiger partial charge in [-0.3, -0.25) is 0 Å². The summed E-state index contributed by atoms with van der Waals surface area (Å²) in [6.07, 6.45) is -6.50. The van der Waals surface area contributed by atoms with Gasteiger partial charge in [0.2, 0.25) is 5.79 Å². The minimum atomic E-state index is -2.44. The zero-order valence-corrected chi connectivity index (χ0v) is 14.4. The van der Waals surface area contributed by atoms with Crippen LogP contribution in [0.4, 0.5) is 0 Å². The lowest BCUT2D eigenvalue weighted by Gasteiger charge is -2.45. The highest BCUT2D eigenvalue weighted by molar-refractivity contribution is 5.94. The Bertz CT molecular complexity index is 792. The topological polar surface area (TPSA) is 129 Å². The number of ether oxygens (including phenoxy) is 3. The molecular weight excluding hydrogens is 344 g/mol. The molecule has 0 saturated carbocycles. The predicted molar refractivity (Wildman–Crippen MR) is 90.9 cm³/mol. The van der Waals surface area contributed by atoms with Crippen LogP contribution in [0.15, 0.2) is 30.3 Å². The molecule has 2 aromatic rings. The van der Waals surface area contributed by atoms with Crippen molar-refractivity contribution in [3.05, 3.63) is 35.9 Å². The first-order valence-corrected chi connectivity index (χ1v) is 8.08. The van der Waals surface area contributed by atoms with Crippen LogP contribution in [0.1, 0.15) is 5.56 Å². The van der Waals surface area contributed by atoms with Gasteiger partial charge >= 0.3 is 0 Å². The summed E-state index contributed by atoms with van der Waals surface area (Å²) in [6, 6.07) is 8.56. The first kappa shape index (κ1) is 18.8. The van der Waals surface area contributed by atoms with Crippen molar-refractivity contribution in [2.24, 2.45) is 0 Å². The molecule has 0 radical (unpaired) electrons. The van der Waals surface area contributed by atoms with Gasteiger partial charge in [0, 0.05) is 10.8 Å². The molecule has 5 atom stereocenters. The number of benzene rings is 2. The molecule has 1 heterocycles. The average molecular weight is 366 g/mol. The van der Waals surface area contributed by atoms with Crippen LogP contribution in [0.5, 0.6) is 11.5 Å². The quantitative estimate of drug-likeness (QED) is 0.489. The first-order valence-electron chi connectivity index (χ1n) is 8.08. The Morgan fingerprint density at radius 3 is 2.27 bits per heavy atom. The Morgan fingerprint density at radius 1 is 1.04 bits per heavy atom. The van der Waals surface area contributed by atoms with E-state index < -0.39 is 36.8 Å². The van der Waals surface area contributed by atoms with Crippen LogP contribution in [-0.2, 0) is 10.5 Å². The van der Waals surface area contributed by atoms with Gasteiger partial charge in [-0.15, -0.1) is 0 Å². The third-order valence-corrected chi connectivity index (χ3v) is 4.73. The third kappa shape index (κ3) is 2.71. The van der Waals surface area contributed by atoms with Crippen molar-refractivity contribution >= 4 is 10.8 Å². The standard InChI is InChI=1S/C18H22O8/c1-24-12-7-11(16(25-2)10-6-4-3-5-9(10)12)18(23)17(22)15(21)14(20)13(8-19)26-18/h3-7,13-15,17,19-23H,8H2,1-2H3/t13-,14-,15+,17-,18-/m1/s1. The predicted octanol–water partition coefficient (Wildman–Crippen LogP) is -0.524. The van der Waals surface area contributed by atoms with E-state index in [0.717, 1.165) is 0 Å². The third-order valence-electron chi connectivity index (χ3n) is 4.73. The lowest BCUT2D eigenvalue weighted by Crippen LogP contribution is -2.63. The first-order chi connectivity index (χ1) is 12.4. The second-order valence-electron chi connectivity index (χ2n) is 6.17. The number of fused-ring (bicyclic) bond motifs is 1. The van der Waals surface area contributed by atoms with Crippen molar-refractivity contribution < 1.29 is 39.7 Å². The van der Waals surface area contributed by atoms with Crippen LogP contribution in [0, 0.1) is 0 Å². The van der Waals surface area contributed by atoms with Crippen LogP contribution in [0.3, 0.4) is 0 Å². The summed E-state index contributed by atoms with van der Waals surface area (Å²) in [5.41, 5.74) is 0.00690. The van der Waals surface area contributed by atoms with Gasteiger partial charge < -0.3 is 39.7 Å². The van der Waals surface area contributed by atoms with Crippen LogP contribution < -0.4 is 9.47 Å². The molecular formula is C18H22O8. The smallest absolute Gasteiger partial charge is 0.226 e. The van der Waals surface area contributed by atoms with Gasteiger partial charge in [-0.05, 0) is 6.07 Å². The van der Waals surface area contributed by atoms with Crippen LogP contribution >= 0.6 is 0 Å². The van der Waals surface area contributed by atoms with E-state index in [4.69, 9.17) is 14.2 Å². The fourth-order valence-corrected chi connectivity index (χ4v) is 3.35. The molecule has 1 saturated heterocycles. The van der Waals surface area contributed by atoms with Gasteiger partial charge in [-0.25, -0.2) is 0 Å². The number of methoxy groups -OCH3 is 2. The Hall–Kier alpha value is -1.94. The van der Waals surface area contributed by atoms with E-state index in [1.165, 1.54) is 20.3 Å². The van der Waals surface area contributed by atoms with Gasteiger partial charge in [0.1, 0.15) is 35.9 Å². The van der Waals surface area contributed by atoms with E-state index in [1.807, 2.05) is 6.07 Å². The van der Waals surface area contributed by atoms with E-state index in [1.54, 1.807) is 18.2 Å². The number of hydrogen-bond donors (Lipinski definition) is 5. The molecule has 26 heavy (non-hydrogen) atoms. The molecule has 0 aromatic heterocycles. The molecule has 0 spiro atoms. The highest BCUT2D eigenvalue weighted by atomic mass is 16.7. The molecule has 2 aromatic carbocycles. The summed E-state index contributed by atoms with van der Waals surface area (Å²) in [6.45, 7) is -0.666. The van der Waals surface area contributed by atoms with Crippen LogP contribution in [-0.4, -0.2) is 70.8 Å². The Balaban J connectivity index is 2.26. The highest BCUT2D eigenvalue weighted by Gasteiger charge is 2.55. The van der Waals surface area contributed by atoms with E-state index >= 15 is 0 Å². The molecule has 0 unspecified atom stereocenters. The van der Waals surface area contributed by atoms with Crippen LogP contribution in [0.2, 0.25) is 0 Å². The molecule has 1 fully saturated rings. The molecule has 5 N–H and O–H groups in total. The number of aliphatic hydroxyl groups is 5. The second-order valence-corrected chi connectivity index (χ2v) is 6.17. The summed E-state index contributed by atoms with van der Waals surface area (Å²) in [4.78, 5) is 0. The van der Waals surface area contributed by atoms with Crippen molar-refractivity contribution in [2.45, 2.75) is 30.2 Å². The molecule has 0 amide bonds. The number of rotatable bonds is 4. The van der Waals surface area contributed by atoms with E-state index in [-0.39, 0.29) is 11.3 Å². The Labute approximate surface area is 149 Å². The zero-order chi connectivity index (χ0) is 19.1. The second kappa shape index (κ2) is 6.99. The maximum absolute atomic E-state index is 11.1. The Morgan fingerprint density at radius 2 is 1.69 bits per heavy atom. The molecule has 0 aliphatic carbocycles. The monoisotopic (exact) mass is 366 g/mol. The molecule has 8 heteroatoms. The SMILES string of the molecule is COc1cc([C@@]2(O)O[C@H](CO)[C@@H](O)[C@H](O)[C@H]2O)c(OC)c2ccccc12. The van der Waals surface area contributed by atoms with Gasteiger partial charge in [-0.2, -0.15) is 0 Å². The van der Waals surface area contributed by atoms with Crippen molar-refractivity contribution in [3.8, 4) is 11.5 Å². The van der Waals surface area contributed by atoms with Crippen molar-refractivity contribution in [3.63, 3.8) is 0 Å². The van der Waals surface area contributed by atoms with E-state index in [9.17, 15) is 25.5 Å². The molecule has 1 aliphatic rings. The van der Waals surface area contributed by atoms with Crippen LogP contribution in [0.25, 0.3) is 10.8 Å². The normalized spacial score (nSPS) is 31.8. The maximum atomic E-state index is 11.1. The summed E-state index contributed by atoms with van der Waals surface area (Å²) >= 11 is 0. The van der Waals surface area contributed by atoms with Gasteiger partial charge in [0.05, 0.1) is 26.4 Å². The van der Waals surface area contributed by atoms with Gasteiger partial charge in [0.25, 0.3) is 0 Å². The zero-order valence-electron chi connectivity index (χ0n) is 14.4.